The number of nitrogens with one attached hydrogen (secondary N) is 5. The Kier molecular flexibility index (Phi) is 17.8. The number of hydrogen-bond acceptors (Lipinski definition) is 11. The number of rotatable bonds is 16. The molecule has 5 N–H and O–H groups in total. The predicted molar refractivity (Wildman–Crippen MR) is 186 cm³/mol. The summed E-state index contributed by atoms with van der Waals surface area (Å²) in [5.41, 5.74) is -0.787. The van der Waals surface area contributed by atoms with Crippen LogP contribution in [0.2, 0.25) is 0 Å². The number of methoxy groups -OCH3 is 2. The molecule has 1 heterocycles. The van der Waals surface area contributed by atoms with Crippen LogP contribution >= 0.6 is 0 Å². The van der Waals surface area contributed by atoms with E-state index >= 15 is 0 Å². The second kappa shape index (κ2) is 20.2. The molecule has 1 aliphatic rings. The molecular weight excluding hydrogens is 668 g/mol. The average molecular weight is 729 g/mol. The summed E-state index contributed by atoms with van der Waals surface area (Å²) < 4.78 is 21.2. The van der Waals surface area contributed by atoms with Gasteiger partial charge in [-0.3, -0.25) is 24.0 Å². The van der Waals surface area contributed by atoms with Gasteiger partial charge in [-0.05, 0) is 58.8 Å². The molecule has 51 heavy (non-hydrogen) atoms. The Morgan fingerprint density at radius 1 is 0.824 bits per heavy atom. The van der Waals surface area contributed by atoms with Crippen molar-refractivity contribution < 1.29 is 52.5 Å². The van der Waals surface area contributed by atoms with E-state index in [1.807, 2.05) is 13.8 Å². The van der Waals surface area contributed by atoms with E-state index in [1.165, 1.54) is 26.0 Å². The third kappa shape index (κ3) is 14.6. The van der Waals surface area contributed by atoms with E-state index < -0.39 is 102 Å². The number of alkyl carbamates (subject to hydrolysis) is 1. The fraction of sp³-hybridized carbons (Fsp3) is 0.794. The lowest BCUT2D eigenvalue weighted by Gasteiger charge is -2.43. The van der Waals surface area contributed by atoms with Crippen LogP contribution in [-0.2, 0) is 47.7 Å². The smallest absolute Gasteiger partial charge is 0.408 e. The summed E-state index contributed by atoms with van der Waals surface area (Å²) in [6.45, 7) is 18.0. The molecule has 17 nitrogen and oxygen atoms in total. The summed E-state index contributed by atoms with van der Waals surface area (Å²) in [4.78, 5) is 92.6. The summed E-state index contributed by atoms with van der Waals surface area (Å²) in [7, 11) is 2.60. The summed E-state index contributed by atoms with van der Waals surface area (Å²) in [6.07, 6.45) is -2.33. The maximum absolute atomic E-state index is 14.0. The van der Waals surface area contributed by atoms with Crippen LogP contribution < -0.4 is 26.6 Å². The Balaban J connectivity index is 3.13. The monoisotopic (exact) mass is 728 g/mol. The highest BCUT2D eigenvalue weighted by atomic mass is 16.7. The SMILES string of the molecule is COC(=O)[C@H](NC(=O)[C@@H](CC(C)C)NC(=O)CNC(=O)[C@@H]1[C@@H](C)O[C@@H](OC)CN1C(=O)[C@H](NC(=O)[C@@H](C)NC(=O)OC(C)(C)C)C(C)C)C(C)C. The van der Waals surface area contributed by atoms with Crippen molar-refractivity contribution in [2.24, 2.45) is 17.8 Å². The molecule has 1 rings (SSSR count). The number of carbonyl (C=O) groups excluding carboxylic acids is 7. The largest absolute Gasteiger partial charge is 0.467 e. The third-order valence-electron chi connectivity index (χ3n) is 7.87. The summed E-state index contributed by atoms with van der Waals surface area (Å²) in [5.74, 6) is -4.59. The van der Waals surface area contributed by atoms with Gasteiger partial charge in [0.2, 0.25) is 29.5 Å². The first kappa shape index (κ1) is 45.0. The number of carbonyl (C=O) groups is 7. The summed E-state index contributed by atoms with van der Waals surface area (Å²) in [6, 6.07) is -5.34. The standard InChI is InChI=1S/C34H60N6O11/c1-17(2)14-22(29(43)39-26(19(5)6)32(46)49-13)37-23(41)15-35-30(44)27-21(8)50-24(48-12)16-40(27)31(45)25(18(3)4)38-28(42)20(7)36-33(47)51-34(9,10)11/h17-22,24-27H,14-16H2,1-13H3,(H,35,44)(H,36,47)(H,37,41)(H,38,42)(H,39,43)/t20-,21-,22-,24-,25-,26-,27+/m1/s1. The van der Waals surface area contributed by atoms with Gasteiger partial charge >= 0.3 is 12.1 Å². The quantitative estimate of drug-likeness (QED) is 0.139. The molecule has 6 amide bonds. The zero-order valence-corrected chi connectivity index (χ0v) is 32.3. The first-order chi connectivity index (χ1) is 23.5. The lowest BCUT2D eigenvalue weighted by atomic mass is 9.99. The van der Waals surface area contributed by atoms with E-state index in [1.54, 1.807) is 55.4 Å². The maximum Gasteiger partial charge on any atom is 0.408 e. The lowest BCUT2D eigenvalue weighted by Crippen LogP contribution is -2.66. The molecule has 1 fully saturated rings. The fourth-order valence-corrected chi connectivity index (χ4v) is 5.22. The van der Waals surface area contributed by atoms with Crippen LogP contribution in [0.1, 0.15) is 82.6 Å². The molecule has 0 aromatic carbocycles. The number of nitrogens with zero attached hydrogens (tertiary/aromatic N) is 1. The van der Waals surface area contributed by atoms with Crippen LogP contribution in [-0.4, -0.2) is 122 Å². The number of ether oxygens (including phenoxy) is 4. The Morgan fingerprint density at radius 3 is 1.88 bits per heavy atom. The van der Waals surface area contributed by atoms with Crippen LogP contribution in [0.3, 0.4) is 0 Å². The predicted octanol–water partition coefficient (Wildman–Crippen LogP) is 0.590. The van der Waals surface area contributed by atoms with Gasteiger partial charge in [0.15, 0.2) is 6.29 Å². The lowest BCUT2D eigenvalue weighted by molar-refractivity contribution is -0.215. The van der Waals surface area contributed by atoms with E-state index in [-0.39, 0.29) is 24.8 Å². The van der Waals surface area contributed by atoms with E-state index in [2.05, 4.69) is 26.6 Å². The van der Waals surface area contributed by atoms with Crippen LogP contribution in [0.4, 0.5) is 4.79 Å². The molecule has 0 radical (unpaired) electrons. The molecule has 0 spiro atoms. The summed E-state index contributed by atoms with van der Waals surface area (Å²) in [5, 5.41) is 12.9. The zero-order chi connectivity index (χ0) is 39.4. The highest BCUT2D eigenvalue weighted by Crippen LogP contribution is 2.22. The minimum Gasteiger partial charge on any atom is -0.467 e. The van der Waals surface area contributed by atoms with Crippen molar-refractivity contribution in [1.29, 1.82) is 0 Å². The van der Waals surface area contributed by atoms with Gasteiger partial charge in [-0.2, -0.15) is 0 Å². The maximum atomic E-state index is 14.0. The van der Waals surface area contributed by atoms with Gasteiger partial charge in [-0.15, -0.1) is 0 Å². The highest BCUT2D eigenvalue weighted by molar-refractivity contribution is 5.96. The molecule has 0 unspecified atom stereocenters. The van der Waals surface area contributed by atoms with Crippen molar-refractivity contribution >= 4 is 41.6 Å². The second-order valence-electron chi connectivity index (χ2n) is 14.8. The molecule has 1 aliphatic heterocycles. The van der Waals surface area contributed by atoms with Gasteiger partial charge in [0.05, 0.1) is 26.3 Å². The van der Waals surface area contributed by atoms with Crippen molar-refractivity contribution in [3.05, 3.63) is 0 Å². The van der Waals surface area contributed by atoms with Gasteiger partial charge < -0.3 is 50.4 Å². The number of morpholine rings is 1. The van der Waals surface area contributed by atoms with Gasteiger partial charge in [-0.1, -0.05) is 41.5 Å². The molecule has 17 heteroatoms. The van der Waals surface area contributed by atoms with Crippen molar-refractivity contribution in [3.8, 4) is 0 Å². The Labute approximate surface area is 301 Å². The van der Waals surface area contributed by atoms with Crippen LogP contribution in [0, 0.1) is 17.8 Å². The number of hydrogen-bond donors (Lipinski definition) is 5. The number of esters is 1. The van der Waals surface area contributed by atoms with Crippen molar-refractivity contribution in [1.82, 2.24) is 31.5 Å². The van der Waals surface area contributed by atoms with E-state index in [9.17, 15) is 33.6 Å². The van der Waals surface area contributed by atoms with E-state index in [0.717, 1.165) is 0 Å². The molecule has 0 aromatic heterocycles. The molecular formula is C34H60N6O11. The minimum absolute atomic E-state index is 0.00900. The van der Waals surface area contributed by atoms with Crippen molar-refractivity contribution in [2.75, 3.05) is 27.3 Å². The van der Waals surface area contributed by atoms with Crippen LogP contribution in [0.15, 0.2) is 0 Å². The molecule has 1 saturated heterocycles. The summed E-state index contributed by atoms with van der Waals surface area (Å²) >= 11 is 0. The zero-order valence-electron chi connectivity index (χ0n) is 32.3. The molecule has 292 valence electrons. The Hall–Kier alpha value is -3.99. The van der Waals surface area contributed by atoms with Gasteiger partial charge in [-0.25, -0.2) is 9.59 Å². The van der Waals surface area contributed by atoms with E-state index in [0.29, 0.717) is 0 Å². The third-order valence-corrected chi connectivity index (χ3v) is 7.87. The molecule has 0 aromatic rings. The first-order valence-electron chi connectivity index (χ1n) is 17.3. The van der Waals surface area contributed by atoms with Crippen molar-refractivity contribution in [3.63, 3.8) is 0 Å². The topological polar surface area (TPSA) is 220 Å². The van der Waals surface area contributed by atoms with Gasteiger partial charge in [0.25, 0.3) is 0 Å². The highest BCUT2D eigenvalue weighted by Gasteiger charge is 2.45. The van der Waals surface area contributed by atoms with Gasteiger partial charge in [0, 0.05) is 7.11 Å². The fourth-order valence-electron chi connectivity index (χ4n) is 5.22. The Morgan fingerprint density at radius 2 is 1.39 bits per heavy atom. The first-order valence-corrected chi connectivity index (χ1v) is 17.3. The van der Waals surface area contributed by atoms with Crippen molar-refractivity contribution in [2.45, 2.75) is 131 Å². The Bertz CT molecular complexity index is 1240. The molecule has 7 atom stereocenters. The molecule has 0 saturated carbocycles. The van der Waals surface area contributed by atoms with Gasteiger partial charge in [0.1, 0.15) is 35.8 Å². The molecule has 0 aliphatic carbocycles. The second-order valence-corrected chi connectivity index (χ2v) is 14.8. The number of amides is 6. The van der Waals surface area contributed by atoms with E-state index in [4.69, 9.17) is 18.9 Å². The normalized spacial score (nSPS) is 20.1. The minimum atomic E-state index is -1.23. The average Bonchev–Trinajstić information content (AvgIpc) is 3.01. The molecule has 0 bridgehead atoms. The van der Waals surface area contributed by atoms with Crippen LogP contribution in [0.5, 0.6) is 0 Å². The van der Waals surface area contributed by atoms with Crippen LogP contribution in [0.25, 0.3) is 0 Å².